The fourth-order valence-electron chi connectivity index (χ4n) is 20.1. The Bertz CT molecular complexity index is 8320. The number of rotatable bonds is 13. The topological polar surface area (TPSA) is 124 Å². The van der Waals surface area contributed by atoms with E-state index in [1.54, 1.807) is 12.4 Å². The first-order valence-corrected chi connectivity index (χ1v) is 49.0. The molecular formula is C134H103Ir3N11Pt-3. The molecule has 0 amide bonds. The number of nitrogens with zero attached hydrogens (tertiary/aromatic N) is 11. The first-order valence-electron chi connectivity index (χ1n) is 49.0. The van der Waals surface area contributed by atoms with Crippen molar-refractivity contribution >= 4 is 49.8 Å². The maximum Gasteiger partial charge on any atom is 3.00 e. The second kappa shape index (κ2) is 45.7. The number of hydrogen-bond acceptors (Lipinski definition) is 10. The number of aromatic nitrogens is 10. The molecule has 0 N–H and O–H groups in total. The normalized spacial score (nSPS) is 12.5. The zero-order chi connectivity index (χ0) is 99.5. The molecule has 4 aliphatic rings. The first kappa shape index (κ1) is 105. The van der Waals surface area contributed by atoms with Crippen LogP contribution in [-0.2, 0) is 104 Å². The monoisotopic (exact) mass is 2640 g/mol. The van der Waals surface area contributed by atoms with Gasteiger partial charge in [-0.25, -0.2) is 39.1 Å². The van der Waals surface area contributed by atoms with Gasteiger partial charge < -0.3 is 34.4 Å². The summed E-state index contributed by atoms with van der Waals surface area (Å²) in [6.07, 6.45) is 12.1. The van der Waals surface area contributed by atoms with E-state index in [4.69, 9.17) is 26.5 Å². The van der Waals surface area contributed by atoms with Crippen molar-refractivity contribution in [2.45, 2.75) is 91.9 Å². The van der Waals surface area contributed by atoms with Gasteiger partial charge in [-0.3, -0.25) is 11.6 Å². The van der Waals surface area contributed by atoms with Crippen molar-refractivity contribution in [1.82, 2.24) is 49.4 Å². The Balaban J connectivity index is 0.000000132. The molecule has 2 aliphatic carbocycles. The Morgan fingerprint density at radius 2 is 0.812 bits per heavy atom. The maximum atomic E-state index is 5.29. The fraction of sp³-hybridized carbons (Fsp3) is 0.104. The van der Waals surface area contributed by atoms with E-state index in [2.05, 4.69) is 339 Å². The number of anilines is 3. The SMILES string of the molecule is CC1(C)c2cc(N(c3[c-]c(-c4ccccn4)ccc3)c3[c-]c(-c4ccccn4)ccc3)cc3c2-n2c4c1cccc4c1cccc(c12)C3(C)C.CC1(C)c2ccccc2-c2c[c-]c(-c3ccc4ccccc4n3)cc21.Cc1ccc(-c2nc(-c3c[c-]c(-c4ccccn4)cc3)nc(-c3ccc(C)cc3)n2)cc1.[CH-]=C(C)C=C([CH2-])C.[Ir+3].[Ir].[Ir].[Pt+2].[c-]1ccccc1-c1cc2c(cn1)-c1ccccc1C2.[c-]1ccccc1-c1ccccn1. The summed E-state index contributed by atoms with van der Waals surface area (Å²) < 4.78 is 2.58. The predicted molar refractivity (Wildman–Crippen MR) is 593 cm³/mol. The third-order valence-corrected chi connectivity index (χ3v) is 27.4. The van der Waals surface area contributed by atoms with Crippen LogP contribution in [0, 0.1) is 63.7 Å². The Morgan fingerprint density at radius 1 is 0.362 bits per heavy atom. The Labute approximate surface area is 928 Å². The molecule has 149 heavy (non-hydrogen) atoms. The van der Waals surface area contributed by atoms with E-state index in [-0.39, 0.29) is 97.6 Å². The van der Waals surface area contributed by atoms with Gasteiger partial charge in [0.15, 0.2) is 11.6 Å². The molecule has 2 radical (unpaired) electrons. The molecule has 0 bridgehead atoms. The van der Waals surface area contributed by atoms with Crippen molar-refractivity contribution in [1.29, 1.82) is 0 Å². The molecule has 0 saturated carbocycles. The molecule has 734 valence electrons. The van der Waals surface area contributed by atoms with Crippen LogP contribution in [0.1, 0.15) is 111 Å². The van der Waals surface area contributed by atoms with E-state index in [1.807, 2.05) is 208 Å². The minimum Gasteiger partial charge on any atom is -0.346 e. The van der Waals surface area contributed by atoms with Gasteiger partial charge in [0.25, 0.3) is 0 Å². The van der Waals surface area contributed by atoms with Crippen LogP contribution in [0.3, 0.4) is 0 Å². The van der Waals surface area contributed by atoms with E-state index in [0.29, 0.717) is 17.5 Å². The van der Waals surface area contributed by atoms with Crippen molar-refractivity contribution in [2.24, 2.45) is 0 Å². The quantitative estimate of drug-likeness (QED) is 0.0814. The van der Waals surface area contributed by atoms with Crippen LogP contribution < -0.4 is 4.90 Å². The molecule has 0 spiro atoms. The van der Waals surface area contributed by atoms with Gasteiger partial charge in [0.05, 0.1) is 22.2 Å². The molecule has 10 heterocycles. The van der Waals surface area contributed by atoms with E-state index < -0.39 is 0 Å². The van der Waals surface area contributed by atoms with Crippen LogP contribution in [0.2, 0.25) is 0 Å². The molecular weight excluding hydrogens is 2540 g/mol. The van der Waals surface area contributed by atoms with Crippen molar-refractivity contribution in [3.8, 4) is 130 Å². The van der Waals surface area contributed by atoms with Crippen molar-refractivity contribution < 1.29 is 81.4 Å². The average Bonchev–Trinajstić information content (AvgIpc) is 1.52. The predicted octanol–water partition coefficient (Wildman–Crippen LogP) is 32.4. The van der Waals surface area contributed by atoms with E-state index in [0.717, 1.165) is 124 Å². The molecule has 8 aromatic heterocycles. The van der Waals surface area contributed by atoms with Gasteiger partial charge in [-0.2, -0.15) is 0 Å². The summed E-state index contributed by atoms with van der Waals surface area (Å²) in [7, 11) is 0. The molecule has 22 aromatic rings. The van der Waals surface area contributed by atoms with Gasteiger partial charge in [0.1, 0.15) is 5.82 Å². The van der Waals surface area contributed by atoms with E-state index >= 15 is 0 Å². The van der Waals surface area contributed by atoms with Crippen LogP contribution in [0.4, 0.5) is 17.1 Å². The van der Waals surface area contributed by atoms with E-state index in [1.165, 1.54) is 111 Å². The standard InChI is InChI=1S/C46H34N4.C28H21N4.C24H18N.C18H12N.C11H8N.C7H10.3Ir.Pt/c1-45(2)36-19-11-17-34-35-18-12-20-37-43(35)50(42(34)36)44-38(45)27-33(28-39(44)46(37,3)4)49(31-15-9-13-29(25-31)40-21-5-7-23-47-40)32-16-10-14-30(26-32)41-22-6-8-24-48-41;1-19-6-10-22(11-7-19)26-30-27(23-12-8-20(2)9-13-23)32-28(31-26)24-16-14-21(15-17-24)25-5-3-4-18-29-25;1-24(2)20-9-5-4-8-18(20)19-13-11-17(15-21(19)24)23-14-12-16-7-3-6-10-22(16)25-23;1-2-6-13(7-3-1)18-11-15-10-14-8-4-5-9-16(14)17(15)12-19-18;1-2-6-10(7-3-1)11-8-4-5-9-12-11;1-6(2)5-7(3)4;;;;/h5-24,27-28H,1-4H3;3-14,16-18H,1-2H3;3-10,12-15H,1-2H3;1-6,8-9,11-12H,10H2;1-6,8-9H;1,5H,3H2,2,4H3;;;;/q-2;4*-1;-2;;;+3;+2. The Kier molecular flexibility index (Phi) is 32.2. The summed E-state index contributed by atoms with van der Waals surface area (Å²) in [5, 5.41) is 3.82. The molecule has 0 atom stereocenters. The minimum absolute atomic E-state index is 0. The zero-order valence-electron chi connectivity index (χ0n) is 84.0. The third kappa shape index (κ3) is 21.8. The average molecular weight is 2640 g/mol. The molecule has 0 saturated heterocycles. The molecule has 0 unspecified atom stereocenters. The van der Waals surface area contributed by atoms with Gasteiger partial charge in [0.2, 0.25) is 0 Å². The Hall–Kier alpha value is -15.2. The van der Waals surface area contributed by atoms with Crippen molar-refractivity contribution in [3.63, 3.8) is 0 Å². The minimum atomic E-state index is -0.248. The number of para-hydroxylation sites is 3. The van der Waals surface area contributed by atoms with Crippen molar-refractivity contribution in [3.05, 3.63) is 530 Å². The summed E-state index contributed by atoms with van der Waals surface area (Å²) in [4.78, 5) is 44.0. The second-order valence-corrected chi connectivity index (χ2v) is 38.6. The number of allylic oxidation sites excluding steroid dienone is 3. The first-order chi connectivity index (χ1) is 70.6. The van der Waals surface area contributed by atoms with Crippen LogP contribution in [0.5, 0.6) is 0 Å². The zero-order valence-corrected chi connectivity index (χ0v) is 93.4. The van der Waals surface area contributed by atoms with Crippen LogP contribution in [0.25, 0.3) is 162 Å². The smallest absolute Gasteiger partial charge is 0.346 e. The number of benzene rings is 14. The van der Waals surface area contributed by atoms with E-state index in [9.17, 15) is 0 Å². The number of aryl methyl sites for hydroxylation is 2. The fourth-order valence-corrected chi connectivity index (χ4v) is 20.1. The van der Waals surface area contributed by atoms with Crippen LogP contribution in [-0.4, -0.2) is 49.4 Å². The van der Waals surface area contributed by atoms with Gasteiger partial charge in [-0.15, -0.1) is 191 Å². The maximum absolute atomic E-state index is 5.29. The second-order valence-electron chi connectivity index (χ2n) is 38.6. The summed E-state index contributed by atoms with van der Waals surface area (Å²) >= 11 is 0. The Morgan fingerprint density at radius 3 is 1.32 bits per heavy atom. The van der Waals surface area contributed by atoms with Gasteiger partial charge in [-0.05, 0) is 164 Å². The van der Waals surface area contributed by atoms with Gasteiger partial charge >= 0.3 is 41.2 Å². The van der Waals surface area contributed by atoms with Crippen LogP contribution in [0.15, 0.2) is 424 Å². The summed E-state index contributed by atoms with van der Waals surface area (Å²) in [6.45, 7) is 31.0. The molecule has 14 aromatic carbocycles. The summed E-state index contributed by atoms with van der Waals surface area (Å²) in [6, 6.07) is 150. The summed E-state index contributed by atoms with van der Waals surface area (Å²) in [5.41, 5.74) is 42.1. The van der Waals surface area contributed by atoms with Gasteiger partial charge in [-0.1, -0.05) is 302 Å². The molecule has 11 nitrogen and oxygen atoms in total. The molecule has 2 aliphatic heterocycles. The summed E-state index contributed by atoms with van der Waals surface area (Å²) in [5.74, 6) is 1.92. The van der Waals surface area contributed by atoms with Gasteiger partial charge in [0, 0.05) is 115 Å². The largest absolute Gasteiger partial charge is 3.00 e. The number of pyridine rings is 6. The molecule has 0 fully saturated rings. The molecule has 26 rings (SSSR count). The number of fused-ring (bicyclic) bond motifs is 8. The third-order valence-electron chi connectivity index (χ3n) is 27.4. The van der Waals surface area contributed by atoms with Crippen molar-refractivity contribution in [2.75, 3.05) is 4.90 Å². The van der Waals surface area contributed by atoms with Crippen LogP contribution >= 0.6 is 0 Å². The number of hydrogen-bond donors (Lipinski definition) is 0. The molecule has 15 heteroatoms.